The summed E-state index contributed by atoms with van der Waals surface area (Å²) >= 11 is 0. The highest BCUT2D eigenvalue weighted by atomic mass is 16.6. The Morgan fingerprint density at radius 2 is 2.33 bits per heavy atom. The fraction of sp³-hybridized carbons (Fsp3) is 0.500. The maximum Gasteiger partial charge on any atom is 0.235 e. The van der Waals surface area contributed by atoms with Gasteiger partial charge in [-0.25, -0.2) is 19.6 Å². The molecule has 1 aromatic heterocycles. The van der Waals surface area contributed by atoms with Crippen molar-refractivity contribution >= 4 is 12.2 Å². The fourth-order valence-electron chi connectivity index (χ4n) is 1.28. The first kappa shape index (κ1) is 14.0. The number of hydrogen-bond acceptors (Lipinski definition) is 7. The number of rotatable bonds is 8. The molecule has 1 aromatic rings. The van der Waals surface area contributed by atoms with E-state index in [-0.39, 0.29) is 19.6 Å². The molecule has 2 N–H and O–H groups in total. The topological polar surface area (TPSA) is 117 Å². The average Bonchev–Trinajstić information content (AvgIpc) is 2.87. The van der Waals surface area contributed by atoms with Crippen LogP contribution >= 0.6 is 0 Å². The summed E-state index contributed by atoms with van der Waals surface area (Å²) in [5, 5.41) is 9.67. The van der Waals surface area contributed by atoms with Crippen LogP contribution in [0.15, 0.2) is 22.5 Å². The Hall–Kier alpha value is -2.11. The molecule has 1 rings (SSSR count). The van der Waals surface area contributed by atoms with Gasteiger partial charge in [0.05, 0.1) is 19.5 Å². The van der Waals surface area contributed by atoms with Crippen LogP contribution in [-0.4, -0.2) is 52.7 Å². The summed E-state index contributed by atoms with van der Waals surface area (Å²) in [5.41, 5.74) is 0.701. The lowest BCUT2D eigenvalue weighted by Gasteiger charge is -2.17. The first-order chi connectivity index (χ1) is 8.77. The third-order valence-electron chi connectivity index (χ3n) is 2.09. The molecule has 0 radical (unpaired) electrons. The third-order valence-corrected chi connectivity index (χ3v) is 2.09. The monoisotopic (exact) mass is 252 g/mol. The lowest BCUT2D eigenvalue weighted by atomic mass is 10.1. The second-order valence-electron chi connectivity index (χ2n) is 3.30. The summed E-state index contributed by atoms with van der Waals surface area (Å²) < 4.78 is 4.98. The van der Waals surface area contributed by atoms with E-state index in [1.54, 1.807) is 6.20 Å². The Morgan fingerprint density at radius 1 is 1.50 bits per heavy atom. The van der Waals surface area contributed by atoms with Crippen molar-refractivity contribution in [1.29, 1.82) is 0 Å². The molecule has 8 nitrogen and oxygen atoms in total. The molecule has 0 aliphatic carbocycles. The Kier molecular flexibility index (Phi) is 6.24. The van der Waals surface area contributed by atoms with Crippen LogP contribution < -0.4 is 0 Å². The number of aromatic amines is 1. The Bertz CT molecular complexity index is 435. The van der Waals surface area contributed by atoms with Crippen molar-refractivity contribution in [3.8, 4) is 0 Å². The van der Waals surface area contributed by atoms with E-state index in [2.05, 4.69) is 20.0 Å². The Balaban J connectivity index is 2.49. The lowest BCUT2D eigenvalue weighted by Crippen LogP contribution is -2.30. The molecule has 2 unspecified atom stereocenters. The molecule has 1 heterocycles. The number of H-pyrrole nitrogens is 1. The number of aliphatic hydroxyl groups excluding tert-OH is 1. The lowest BCUT2D eigenvalue weighted by molar-refractivity contribution is -0.109. The van der Waals surface area contributed by atoms with Gasteiger partial charge in [-0.15, -0.1) is 0 Å². The molecule has 0 fully saturated rings. The molecule has 0 aliphatic rings. The van der Waals surface area contributed by atoms with Crippen LogP contribution in [0.1, 0.15) is 5.69 Å². The zero-order chi connectivity index (χ0) is 13.2. The second kappa shape index (κ2) is 8.05. The van der Waals surface area contributed by atoms with Gasteiger partial charge in [0.25, 0.3) is 0 Å². The molecule has 0 saturated heterocycles. The normalized spacial score (nSPS) is 13.2. The minimum Gasteiger partial charge on any atom is -0.366 e. The number of hydrogen-bond donors (Lipinski definition) is 2. The maximum atomic E-state index is 10.3. The van der Waals surface area contributed by atoms with Gasteiger partial charge in [-0.05, 0) is 0 Å². The predicted octanol–water partition coefficient (Wildman–Crippen LogP) is -0.673. The van der Waals surface area contributed by atoms with E-state index in [4.69, 9.17) is 4.74 Å². The van der Waals surface area contributed by atoms with Crippen molar-refractivity contribution in [3.63, 3.8) is 0 Å². The predicted molar refractivity (Wildman–Crippen MR) is 59.1 cm³/mol. The fourth-order valence-corrected chi connectivity index (χ4v) is 1.28. The number of imidazole rings is 1. The van der Waals surface area contributed by atoms with Crippen molar-refractivity contribution in [2.45, 2.75) is 18.8 Å². The van der Waals surface area contributed by atoms with Gasteiger partial charge >= 0.3 is 0 Å². The number of nitrogens with one attached hydrogen (secondary N) is 1. The average molecular weight is 252 g/mol. The zero-order valence-corrected chi connectivity index (χ0v) is 9.44. The van der Waals surface area contributed by atoms with Crippen molar-refractivity contribution in [3.05, 3.63) is 18.2 Å². The second-order valence-corrected chi connectivity index (χ2v) is 3.30. The van der Waals surface area contributed by atoms with Gasteiger partial charge in [-0.1, -0.05) is 0 Å². The smallest absolute Gasteiger partial charge is 0.235 e. The van der Waals surface area contributed by atoms with Gasteiger partial charge in [0, 0.05) is 18.3 Å². The van der Waals surface area contributed by atoms with Crippen LogP contribution in [0.3, 0.4) is 0 Å². The number of isocyanates is 2. The number of nitrogens with zero attached hydrogens (tertiary/aromatic N) is 3. The summed E-state index contributed by atoms with van der Waals surface area (Å²) in [6.45, 7) is 0.117. The van der Waals surface area contributed by atoms with Crippen LogP contribution in [0.4, 0.5) is 0 Å². The molecular formula is C10H12N4O4. The van der Waals surface area contributed by atoms with Crippen molar-refractivity contribution in [1.82, 2.24) is 9.97 Å². The van der Waals surface area contributed by atoms with E-state index in [9.17, 15) is 14.7 Å². The molecule has 0 amide bonds. The minimum absolute atomic E-state index is 0.0320. The minimum atomic E-state index is -1.28. The molecule has 96 valence electrons. The summed E-state index contributed by atoms with van der Waals surface area (Å²) in [5.74, 6) is 0. The molecule has 2 atom stereocenters. The third kappa shape index (κ3) is 4.82. The van der Waals surface area contributed by atoms with Gasteiger partial charge in [-0.3, -0.25) is 0 Å². The molecule has 18 heavy (non-hydrogen) atoms. The Labute approximate surface area is 102 Å². The van der Waals surface area contributed by atoms with Crippen LogP contribution in [0.2, 0.25) is 0 Å². The largest absolute Gasteiger partial charge is 0.366 e. The van der Waals surface area contributed by atoms with Crippen LogP contribution in [0, 0.1) is 0 Å². The Morgan fingerprint density at radius 3 is 2.94 bits per heavy atom. The van der Waals surface area contributed by atoms with Gasteiger partial charge in [0.2, 0.25) is 12.2 Å². The maximum absolute atomic E-state index is 10.3. The standard InChI is InChI=1S/C10H12N4O4/c15-6-11-1-2-18-10(17)9(14-7-16)3-8-4-12-5-13-8/h4-5,9-10,17H,1-3H2,(H,12,13). The van der Waals surface area contributed by atoms with E-state index in [0.29, 0.717) is 5.69 Å². The number of carbonyl (C=O) groups excluding carboxylic acids is 2. The first-order valence-corrected chi connectivity index (χ1v) is 5.15. The molecule has 0 saturated carbocycles. The van der Waals surface area contributed by atoms with Gasteiger partial charge < -0.3 is 14.8 Å². The quantitative estimate of drug-likeness (QED) is 0.275. The number of aliphatic imine (C=N–C) groups is 2. The van der Waals surface area contributed by atoms with Crippen LogP contribution in [0.5, 0.6) is 0 Å². The van der Waals surface area contributed by atoms with E-state index < -0.39 is 12.3 Å². The highest BCUT2D eigenvalue weighted by molar-refractivity contribution is 5.34. The van der Waals surface area contributed by atoms with E-state index in [0.717, 1.165) is 0 Å². The summed E-state index contributed by atoms with van der Waals surface area (Å²) in [7, 11) is 0. The molecule has 0 aromatic carbocycles. The first-order valence-electron chi connectivity index (χ1n) is 5.15. The van der Waals surface area contributed by atoms with Gasteiger partial charge in [-0.2, -0.15) is 4.99 Å². The van der Waals surface area contributed by atoms with Crippen LogP contribution in [-0.2, 0) is 20.7 Å². The number of aromatic nitrogens is 2. The summed E-state index contributed by atoms with van der Waals surface area (Å²) in [6.07, 6.45) is 4.73. The van der Waals surface area contributed by atoms with Gasteiger partial charge in [0.15, 0.2) is 6.29 Å². The van der Waals surface area contributed by atoms with E-state index >= 15 is 0 Å². The molecule has 0 bridgehead atoms. The number of ether oxygens (including phenoxy) is 1. The highest BCUT2D eigenvalue weighted by Crippen LogP contribution is 2.07. The summed E-state index contributed by atoms with van der Waals surface area (Å²) in [4.78, 5) is 33.4. The van der Waals surface area contributed by atoms with Crippen LogP contribution in [0.25, 0.3) is 0 Å². The van der Waals surface area contributed by atoms with E-state index in [1.807, 2.05) is 0 Å². The molecule has 0 aliphatic heterocycles. The van der Waals surface area contributed by atoms with Crippen molar-refractivity contribution < 1.29 is 19.4 Å². The van der Waals surface area contributed by atoms with Crippen molar-refractivity contribution in [2.24, 2.45) is 9.98 Å². The summed E-state index contributed by atoms with van der Waals surface area (Å²) in [6, 6.07) is -0.789. The highest BCUT2D eigenvalue weighted by Gasteiger charge is 2.20. The molecule has 0 spiro atoms. The van der Waals surface area contributed by atoms with Gasteiger partial charge in [0.1, 0.15) is 6.04 Å². The van der Waals surface area contributed by atoms with Crippen molar-refractivity contribution in [2.75, 3.05) is 13.2 Å². The van der Waals surface area contributed by atoms with E-state index in [1.165, 1.54) is 18.5 Å². The SMILES string of the molecule is O=C=NCCOC(O)C(Cc1cnc[nH]1)N=C=O. The zero-order valence-electron chi connectivity index (χ0n) is 9.44. The molecular weight excluding hydrogens is 240 g/mol. The number of aliphatic hydroxyl groups is 1. The molecule has 8 heteroatoms.